The summed E-state index contributed by atoms with van der Waals surface area (Å²) in [6.45, 7) is 0. The Hall–Kier alpha value is -3.29. The third kappa shape index (κ3) is 2.26. The molecular weight excluding hydrogens is 292 g/mol. The van der Waals surface area contributed by atoms with E-state index in [-0.39, 0.29) is 29.1 Å². The van der Waals surface area contributed by atoms with Crippen molar-refractivity contribution in [2.24, 2.45) is 0 Å². The van der Waals surface area contributed by atoms with Gasteiger partial charge in [0.15, 0.2) is 5.78 Å². The first kappa shape index (κ1) is 13.7. The molecule has 2 aromatic carbocycles. The van der Waals surface area contributed by atoms with Gasteiger partial charge in [0, 0.05) is 36.2 Å². The molecule has 0 aliphatic carbocycles. The minimum absolute atomic E-state index is 0.0908. The number of carbonyl (C=O) groups is 1. The number of hydrogen-bond donors (Lipinski definition) is 0. The topological polar surface area (TPSA) is 113 Å². The van der Waals surface area contributed by atoms with Crippen LogP contribution in [-0.2, 0) is 6.42 Å². The number of ketones is 1. The van der Waals surface area contributed by atoms with Gasteiger partial charge in [0.25, 0.3) is 11.4 Å². The zero-order chi connectivity index (χ0) is 15.9. The lowest BCUT2D eigenvalue weighted by molar-refractivity contribution is -0.385. The Morgan fingerprint density at radius 2 is 1.50 bits per heavy atom. The minimum Gasteiger partial charge on any atom is -0.456 e. The van der Waals surface area contributed by atoms with Crippen molar-refractivity contribution >= 4 is 17.2 Å². The minimum atomic E-state index is -0.601. The van der Waals surface area contributed by atoms with E-state index in [1.165, 1.54) is 30.3 Å². The molecule has 110 valence electrons. The lowest BCUT2D eigenvalue weighted by Crippen LogP contribution is -2.03. The Morgan fingerprint density at radius 3 is 2.14 bits per heavy atom. The van der Waals surface area contributed by atoms with E-state index in [0.717, 1.165) is 6.07 Å². The molecule has 0 aromatic heterocycles. The van der Waals surface area contributed by atoms with Crippen LogP contribution in [0.3, 0.4) is 0 Å². The van der Waals surface area contributed by atoms with Gasteiger partial charge in [-0.1, -0.05) is 0 Å². The molecule has 1 aliphatic rings. The summed E-state index contributed by atoms with van der Waals surface area (Å²) in [5.41, 5.74) is 0.103. The fraction of sp³-hybridized carbons (Fsp3) is 0.0714. The van der Waals surface area contributed by atoms with Gasteiger partial charge in [0.2, 0.25) is 0 Å². The van der Waals surface area contributed by atoms with Gasteiger partial charge in [-0.15, -0.1) is 0 Å². The highest BCUT2D eigenvalue weighted by Gasteiger charge is 2.25. The third-order valence-electron chi connectivity index (χ3n) is 3.30. The summed E-state index contributed by atoms with van der Waals surface area (Å²) in [5.74, 6) is 0.132. The number of benzene rings is 2. The van der Waals surface area contributed by atoms with Gasteiger partial charge in [0.1, 0.15) is 11.5 Å². The van der Waals surface area contributed by atoms with Crippen LogP contribution in [0.5, 0.6) is 11.5 Å². The molecule has 1 heterocycles. The van der Waals surface area contributed by atoms with E-state index < -0.39 is 15.6 Å². The molecule has 0 fully saturated rings. The van der Waals surface area contributed by atoms with Crippen molar-refractivity contribution in [3.63, 3.8) is 0 Å². The highest BCUT2D eigenvalue weighted by molar-refractivity contribution is 6.01. The molecule has 0 unspecified atom stereocenters. The van der Waals surface area contributed by atoms with E-state index >= 15 is 0 Å². The van der Waals surface area contributed by atoms with Gasteiger partial charge in [-0.3, -0.25) is 25.0 Å². The molecular formula is C14H8N2O6. The van der Waals surface area contributed by atoms with Crippen molar-refractivity contribution in [2.45, 2.75) is 6.42 Å². The Kier molecular flexibility index (Phi) is 3.06. The number of ether oxygens (including phenoxy) is 1. The van der Waals surface area contributed by atoms with Crippen LogP contribution < -0.4 is 4.74 Å². The predicted octanol–water partition coefficient (Wildman–Crippen LogP) is 3.03. The molecule has 0 atom stereocenters. The Balaban J connectivity index is 2.09. The number of hydrogen-bond acceptors (Lipinski definition) is 6. The molecule has 0 bridgehead atoms. The van der Waals surface area contributed by atoms with Crippen LogP contribution in [0, 0.1) is 20.2 Å². The lowest BCUT2D eigenvalue weighted by Gasteiger charge is -2.07. The molecule has 0 saturated heterocycles. The van der Waals surface area contributed by atoms with E-state index in [1.54, 1.807) is 0 Å². The van der Waals surface area contributed by atoms with Crippen molar-refractivity contribution in [2.75, 3.05) is 0 Å². The van der Waals surface area contributed by atoms with Gasteiger partial charge in [-0.2, -0.15) is 0 Å². The van der Waals surface area contributed by atoms with Crippen LogP contribution in [0.4, 0.5) is 11.4 Å². The number of fused-ring (bicyclic) bond motifs is 2. The average molecular weight is 300 g/mol. The van der Waals surface area contributed by atoms with Crippen LogP contribution >= 0.6 is 0 Å². The first-order valence-electron chi connectivity index (χ1n) is 6.22. The quantitative estimate of drug-likeness (QED) is 0.622. The Bertz CT molecular complexity index is 830. The Morgan fingerprint density at radius 1 is 0.909 bits per heavy atom. The molecule has 2 aromatic rings. The van der Waals surface area contributed by atoms with E-state index in [2.05, 4.69) is 0 Å². The van der Waals surface area contributed by atoms with Gasteiger partial charge in [-0.25, -0.2) is 0 Å². The zero-order valence-electron chi connectivity index (χ0n) is 11.0. The van der Waals surface area contributed by atoms with Crippen LogP contribution in [0.2, 0.25) is 0 Å². The average Bonchev–Trinajstić information content (AvgIpc) is 2.61. The summed E-state index contributed by atoms with van der Waals surface area (Å²) in [6, 6.07) is 7.70. The fourth-order valence-electron chi connectivity index (χ4n) is 2.24. The monoisotopic (exact) mass is 300 g/mol. The smallest absolute Gasteiger partial charge is 0.270 e. The number of nitro groups is 2. The Labute approximate surface area is 123 Å². The van der Waals surface area contributed by atoms with Crippen LogP contribution in [-0.4, -0.2) is 15.6 Å². The summed E-state index contributed by atoms with van der Waals surface area (Å²) in [4.78, 5) is 32.7. The summed E-state index contributed by atoms with van der Waals surface area (Å²) in [6.07, 6.45) is -0.120. The molecule has 0 radical (unpaired) electrons. The maximum absolute atomic E-state index is 12.3. The molecule has 8 heteroatoms. The second-order valence-corrected chi connectivity index (χ2v) is 4.69. The summed E-state index contributed by atoms with van der Waals surface area (Å²) < 4.78 is 5.58. The standard InChI is InChI=1S/C14H8N2O6/c17-12-6-8-5-9(15(18)19)1-3-13(8)22-14-4-2-10(16(20)21)7-11(12)14/h1-5,7H,6H2. The lowest BCUT2D eigenvalue weighted by atomic mass is 10.0. The second kappa shape index (κ2) is 4.92. The summed E-state index contributed by atoms with van der Waals surface area (Å²) >= 11 is 0. The molecule has 3 rings (SSSR count). The van der Waals surface area contributed by atoms with Crippen molar-refractivity contribution < 1.29 is 19.4 Å². The molecule has 8 nitrogen and oxygen atoms in total. The van der Waals surface area contributed by atoms with Gasteiger partial charge in [-0.05, 0) is 12.1 Å². The van der Waals surface area contributed by atoms with Crippen LogP contribution in [0.15, 0.2) is 36.4 Å². The number of Topliss-reactive ketones (excluding diaryl/α,β-unsaturated/α-hetero) is 1. The molecule has 0 amide bonds. The highest BCUT2D eigenvalue weighted by Crippen LogP contribution is 2.36. The van der Waals surface area contributed by atoms with E-state index in [0.29, 0.717) is 11.3 Å². The normalized spacial score (nSPS) is 12.6. The van der Waals surface area contributed by atoms with E-state index in [4.69, 9.17) is 4.74 Å². The van der Waals surface area contributed by atoms with Crippen LogP contribution in [0.25, 0.3) is 0 Å². The van der Waals surface area contributed by atoms with Crippen molar-refractivity contribution in [3.8, 4) is 11.5 Å². The number of nitrogens with zero attached hydrogens (tertiary/aromatic N) is 2. The van der Waals surface area contributed by atoms with E-state index in [9.17, 15) is 25.0 Å². The number of nitro benzene ring substituents is 2. The predicted molar refractivity (Wildman–Crippen MR) is 74.3 cm³/mol. The maximum atomic E-state index is 12.3. The molecule has 22 heavy (non-hydrogen) atoms. The summed E-state index contributed by atoms with van der Waals surface area (Å²) in [7, 11) is 0. The molecule has 1 aliphatic heterocycles. The highest BCUT2D eigenvalue weighted by atomic mass is 16.6. The fourth-order valence-corrected chi connectivity index (χ4v) is 2.24. The first-order chi connectivity index (χ1) is 10.5. The SMILES string of the molecule is O=C1Cc2cc([N+](=O)[O-])ccc2Oc2ccc([N+](=O)[O-])cc21. The number of non-ortho nitro benzene ring substituents is 2. The van der Waals surface area contributed by atoms with Crippen molar-refractivity contribution in [1.82, 2.24) is 0 Å². The largest absolute Gasteiger partial charge is 0.456 e. The van der Waals surface area contributed by atoms with Gasteiger partial charge < -0.3 is 4.74 Å². The zero-order valence-corrected chi connectivity index (χ0v) is 11.0. The van der Waals surface area contributed by atoms with E-state index in [1.807, 2.05) is 0 Å². The molecule has 0 N–H and O–H groups in total. The second-order valence-electron chi connectivity index (χ2n) is 4.69. The molecule has 0 spiro atoms. The van der Waals surface area contributed by atoms with Crippen molar-refractivity contribution in [3.05, 3.63) is 67.8 Å². The van der Waals surface area contributed by atoms with Gasteiger partial charge in [0.05, 0.1) is 15.4 Å². The maximum Gasteiger partial charge on any atom is 0.270 e. The number of carbonyl (C=O) groups excluding carboxylic acids is 1. The first-order valence-corrected chi connectivity index (χ1v) is 6.22. The third-order valence-corrected chi connectivity index (χ3v) is 3.30. The van der Waals surface area contributed by atoms with Gasteiger partial charge >= 0.3 is 0 Å². The molecule has 0 saturated carbocycles. The summed E-state index contributed by atoms with van der Waals surface area (Å²) in [5, 5.41) is 21.6. The van der Waals surface area contributed by atoms with Crippen molar-refractivity contribution in [1.29, 1.82) is 0 Å². The van der Waals surface area contributed by atoms with Crippen LogP contribution in [0.1, 0.15) is 15.9 Å². The number of rotatable bonds is 2.